The molecule has 19 heavy (non-hydrogen) atoms. The lowest BCUT2D eigenvalue weighted by Gasteiger charge is -2.21. The highest BCUT2D eigenvalue weighted by atomic mass is 32.2. The van der Waals surface area contributed by atoms with E-state index in [2.05, 4.69) is 9.71 Å². The number of aromatic nitrogens is 1. The van der Waals surface area contributed by atoms with Crippen molar-refractivity contribution in [1.29, 1.82) is 0 Å². The van der Waals surface area contributed by atoms with Gasteiger partial charge in [0.1, 0.15) is 0 Å². The van der Waals surface area contributed by atoms with Crippen molar-refractivity contribution >= 4 is 27.3 Å². The summed E-state index contributed by atoms with van der Waals surface area (Å²) in [5.74, 6) is -1.24. The van der Waals surface area contributed by atoms with Crippen molar-refractivity contribution in [2.24, 2.45) is 0 Å². The van der Waals surface area contributed by atoms with E-state index in [-0.39, 0.29) is 9.90 Å². The van der Waals surface area contributed by atoms with Gasteiger partial charge in [-0.05, 0) is 13.8 Å². The van der Waals surface area contributed by atoms with Crippen molar-refractivity contribution in [2.75, 3.05) is 6.54 Å². The van der Waals surface area contributed by atoms with Crippen LogP contribution < -0.4 is 9.60 Å². The summed E-state index contributed by atoms with van der Waals surface area (Å²) in [5, 5.41) is 18.3. The molecule has 1 atom stereocenters. The summed E-state index contributed by atoms with van der Waals surface area (Å²) in [6, 6.07) is 0. The predicted octanol–water partition coefficient (Wildman–Crippen LogP) is -0.751. The third kappa shape index (κ3) is 4.42. The second kappa shape index (κ2) is 5.41. The number of aliphatic hydroxyl groups is 1. The van der Waals surface area contributed by atoms with Gasteiger partial charge in [0.25, 0.3) is 10.0 Å². The largest absolute Gasteiger partial charge is 0.481 e. The molecule has 0 aliphatic carbocycles. The summed E-state index contributed by atoms with van der Waals surface area (Å²) >= 11 is 0.526. The number of nitrogens with one attached hydrogen (secondary N) is 2. The summed E-state index contributed by atoms with van der Waals surface area (Å²) in [5.41, 5.74) is -1.52. The van der Waals surface area contributed by atoms with Gasteiger partial charge < -0.3 is 15.2 Å². The van der Waals surface area contributed by atoms with E-state index in [1.165, 1.54) is 13.8 Å². The number of H-pyrrole nitrogens is 1. The van der Waals surface area contributed by atoms with Crippen LogP contribution in [0.1, 0.15) is 19.0 Å². The number of carboxylic acid groups (broad SMARTS) is 1. The van der Waals surface area contributed by atoms with Gasteiger partial charge in [0.2, 0.25) is 0 Å². The highest BCUT2D eigenvalue weighted by Gasteiger charge is 2.28. The topological polar surface area (TPSA) is 137 Å². The predicted molar refractivity (Wildman–Crippen MR) is 67.7 cm³/mol. The molecule has 0 radical (unpaired) electrons. The highest BCUT2D eigenvalue weighted by molar-refractivity contribution is 7.91. The monoisotopic (exact) mass is 310 g/mol. The van der Waals surface area contributed by atoms with Gasteiger partial charge >= 0.3 is 10.8 Å². The second-order valence-corrected chi connectivity index (χ2v) is 7.26. The van der Waals surface area contributed by atoms with Crippen molar-refractivity contribution in [2.45, 2.75) is 30.1 Å². The highest BCUT2D eigenvalue weighted by Crippen LogP contribution is 2.16. The average molecular weight is 310 g/mol. The van der Waals surface area contributed by atoms with E-state index in [0.717, 1.165) is 0 Å². The van der Waals surface area contributed by atoms with Crippen LogP contribution in [0.4, 0.5) is 0 Å². The molecule has 1 unspecified atom stereocenters. The Hall–Kier alpha value is -1.23. The number of carbonyl (C=O) groups is 1. The average Bonchev–Trinajstić information content (AvgIpc) is 2.54. The minimum absolute atomic E-state index is 0.177. The molecule has 108 valence electrons. The second-order valence-electron chi connectivity index (χ2n) is 4.32. The fourth-order valence-corrected chi connectivity index (χ4v) is 3.86. The van der Waals surface area contributed by atoms with Crippen LogP contribution in [-0.2, 0) is 14.8 Å². The van der Waals surface area contributed by atoms with Crippen LogP contribution in [0.2, 0.25) is 0 Å². The number of aliphatic carboxylic acids is 1. The summed E-state index contributed by atoms with van der Waals surface area (Å²) < 4.78 is 25.7. The molecule has 1 heterocycles. The molecule has 0 fully saturated rings. The number of aryl methyl sites for hydroxylation is 1. The first-order valence-electron chi connectivity index (χ1n) is 5.17. The zero-order valence-electron chi connectivity index (χ0n) is 10.3. The fraction of sp³-hybridized carbons (Fsp3) is 0.556. The van der Waals surface area contributed by atoms with E-state index in [1.807, 2.05) is 0 Å². The quantitative estimate of drug-likeness (QED) is 0.545. The molecule has 10 heteroatoms. The number of hydrogen-bond acceptors (Lipinski definition) is 6. The van der Waals surface area contributed by atoms with Crippen LogP contribution in [-0.4, -0.2) is 41.7 Å². The molecular formula is C9H14N2O6S2. The van der Waals surface area contributed by atoms with Gasteiger partial charge in [0.15, 0.2) is 4.21 Å². The number of rotatable bonds is 6. The van der Waals surface area contributed by atoms with Crippen LogP contribution in [0.15, 0.2) is 9.00 Å². The lowest BCUT2D eigenvalue weighted by molar-refractivity contribution is -0.141. The standard InChI is InChI=1S/C9H14N2O6S2/c1-5-7(18-8(14)11-5)19(16,17)10-4-9(2,15)3-6(12)13/h10,15H,3-4H2,1-2H3,(H,11,14)(H,12,13). The van der Waals surface area contributed by atoms with Crippen molar-refractivity contribution < 1.29 is 23.4 Å². The summed E-state index contributed by atoms with van der Waals surface area (Å²) in [6.07, 6.45) is -0.599. The molecule has 1 rings (SSSR count). The van der Waals surface area contributed by atoms with Crippen molar-refractivity contribution in [3.05, 3.63) is 15.4 Å². The molecular weight excluding hydrogens is 296 g/mol. The molecule has 0 amide bonds. The first kappa shape index (κ1) is 15.8. The van der Waals surface area contributed by atoms with Crippen LogP contribution in [0.5, 0.6) is 0 Å². The zero-order valence-corrected chi connectivity index (χ0v) is 11.9. The third-order valence-corrected chi connectivity index (χ3v) is 5.21. The first-order chi connectivity index (χ1) is 8.53. The molecule has 0 aliphatic rings. The normalized spacial score (nSPS) is 15.1. The molecule has 8 nitrogen and oxygen atoms in total. The summed E-state index contributed by atoms with van der Waals surface area (Å²) in [7, 11) is -3.95. The van der Waals surface area contributed by atoms with Gasteiger partial charge in [-0.3, -0.25) is 9.59 Å². The third-order valence-electron chi connectivity index (χ3n) is 2.20. The Morgan fingerprint density at radius 3 is 2.53 bits per heavy atom. The molecule has 0 spiro atoms. The molecule has 0 saturated heterocycles. The maximum Gasteiger partial charge on any atom is 0.306 e. The van der Waals surface area contributed by atoms with E-state index in [9.17, 15) is 23.1 Å². The SMILES string of the molecule is Cc1[nH]c(=O)sc1S(=O)(=O)NCC(C)(O)CC(=O)O. The Labute approximate surface area is 113 Å². The lowest BCUT2D eigenvalue weighted by atomic mass is 10.0. The van der Waals surface area contributed by atoms with E-state index < -0.39 is 39.4 Å². The Morgan fingerprint density at radius 2 is 2.11 bits per heavy atom. The summed E-state index contributed by atoms with van der Waals surface area (Å²) in [4.78, 5) is 23.4. The minimum Gasteiger partial charge on any atom is -0.481 e. The number of hydrogen-bond donors (Lipinski definition) is 4. The molecule has 0 bridgehead atoms. The van der Waals surface area contributed by atoms with Crippen LogP contribution in [0.25, 0.3) is 0 Å². The fourth-order valence-electron chi connectivity index (χ4n) is 1.35. The minimum atomic E-state index is -3.95. The van der Waals surface area contributed by atoms with E-state index >= 15 is 0 Å². The number of aromatic amines is 1. The van der Waals surface area contributed by atoms with Gasteiger partial charge in [-0.2, -0.15) is 0 Å². The Balaban J connectivity index is 2.85. The molecule has 0 saturated carbocycles. The molecule has 0 aromatic carbocycles. The summed E-state index contributed by atoms with van der Waals surface area (Å²) in [6.45, 7) is 2.17. The van der Waals surface area contributed by atoms with Gasteiger partial charge in [-0.25, -0.2) is 13.1 Å². The van der Waals surface area contributed by atoms with Gasteiger partial charge in [-0.1, -0.05) is 11.3 Å². The molecule has 1 aromatic rings. The Bertz CT molecular complexity index is 627. The van der Waals surface area contributed by atoms with Crippen molar-refractivity contribution in [3.63, 3.8) is 0 Å². The van der Waals surface area contributed by atoms with Gasteiger partial charge in [0.05, 0.1) is 12.0 Å². The Kier molecular flexibility index (Phi) is 4.50. The van der Waals surface area contributed by atoms with E-state index in [1.54, 1.807) is 0 Å². The van der Waals surface area contributed by atoms with E-state index in [0.29, 0.717) is 11.3 Å². The van der Waals surface area contributed by atoms with Crippen molar-refractivity contribution in [1.82, 2.24) is 9.71 Å². The number of carboxylic acids is 1. The molecule has 1 aromatic heterocycles. The Morgan fingerprint density at radius 1 is 1.53 bits per heavy atom. The van der Waals surface area contributed by atoms with Crippen LogP contribution in [0, 0.1) is 6.92 Å². The lowest BCUT2D eigenvalue weighted by Crippen LogP contribution is -2.42. The molecule has 4 N–H and O–H groups in total. The van der Waals surface area contributed by atoms with Crippen molar-refractivity contribution in [3.8, 4) is 0 Å². The molecule has 0 aliphatic heterocycles. The maximum absolute atomic E-state index is 11.9. The van der Waals surface area contributed by atoms with Crippen LogP contribution in [0.3, 0.4) is 0 Å². The van der Waals surface area contributed by atoms with Crippen LogP contribution >= 0.6 is 11.3 Å². The maximum atomic E-state index is 11.9. The van der Waals surface area contributed by atoms with Gasteiger partial charge in [0, 0.05) is 12.2 Å². The van der Waals surface area contributed by atoms with Gasteiger partial charge in [-0.15, -0.1) is 0 Å². The van der Waals surface area contributed by atoms with E-state index in [4.69, 9.17) is 5.11 Å². The zero-order chi connectivity index (χ0) is 14.8. The number of thiazole rings is 1. The smallest absolute Gasteiger partial charge is 0.306 e. The first-order valence-corrected chi connectivity index (χ1v) is 7.47. The number of sulfonamides is 1.